The fraction of sp³-hybridized carbons (Fsp3) is 0.190. The van der Waals surface area contributed by atoms with Crippen LogP contribution in [0, 0.1) is 0 Å². The van der Waals surface area contributed by atoms with E-state index in [0.29, 0.717) is 31.1 Å². The maximum Gasteiger partial charge on any atom is 0.315 e. The van der Waals surface area contributed by atoms with Gasteiger partial charge in [-0.05, 0) is 17.0 Å². The average Bonchev–Trinajstić information content (AvgIpc) is 3.56. The molecule has 0 aliphatic carbocycles. The Balaban J connectivity index is 1.28. The van der Waals surface area contributed by atoms with E-state index < -0.39 is 5.91 Å². The minimum absolute atomic E-state index is 0.114. The van der Waals surface area contributed by atoms with Gasteiger partial charge in [0.15, 0.2) is 17.3 Å². The number of aromatic nitrogens is 3. The molecule has 0 aliphatic rings. The summed E-state index contributed by atoms with van der Waals surface area (Å²) >= 11 is 1.51. The highest BCUT2D eigenvalue weighted by Crippen LogP contribution is 2.25. The quantitative estimate of drug-likeness (QED) is 0.451. The van der Waals surface area contributed by atoms with Crippen molar-refractivity contribution in [1.82, 2.24) is 25.5 Å². The van der Waals surface area contributed by atoms with Gasteiger partial charge in [-0.3, -0.25) is 9.59 Å². The van der Waals surface area contributed by atoms with E-state index in [1.165, 1.54) is 16.2 Å². The first-order chi connectivity index (χ1) is 15.1. The molecule has 0 saturated carbocycles. The van der Waals surface area contributed by atoms with Crippen LogP contribution in [0.2, 0.25) is 0 Å². The summed E-state index contributed by atoms with van der Waals surface area (Å²) < 4.78 is 10.3. The summed E-state index contributed by atoms with van der Waals surface area (Å²) in [6.07, 6.45) is 0.327. The lowest BCUT2D eigenvalue weighted by atomic mass is 10.2. The molecule has 9 nitrogen and oxygen atoms in total. The highest BCUT2D eigenvalue weighted by atomic mass is 32.1. The number of rotatable bonds is 8. The molecule has 31 heavy (non-hydrogen) atoms. The van der Waals surface area contributed by atoms with Crippen molar-refractivity contribution in [1.29, 1.82) is 0 Å². The Kier molecular flexibility index (Phi) is 6.18. The van der Waals surface area contributed by atoms with E-state index in [0.717, 1.165) is 10.4 Å². The van der Waals surface area contributed by atoms with Crippen LogP contribution < -0.4 is 5.32 Å². The van der Waals surface area contributed by atoms with E-state index in [4.69, 9.17) is 9.05 Å². The average molecular weight is 437 g/mol. The molecular formula is C21H19N5O4S. The third kappa shape index (κ3) is 5.04. The molecule has 0 atom stereocenters. The number of benzene rings is 1. The largest absolute Gasteiger partial charge is 0.355 e. The van der Waals surface area contributed by atoms with Gasteiger partial charge >= 0.3 is 11.8 Å². The zero-order chi connectivity index (χ0) is 21.6. The van der Waals surface area contributed by atoms with Crippen molar-refractivity contribution in [2.45, 2.75) is 13.0 Å². The first kappa shape index (κ1) is 20.5. The Morgan fingerprint density at radius 1 is 1.10 bits per heavy atom. The predicted molar refractivity (Wildman–Crippen MR) is 112 cm³/mol. The molecule has 0 fully saturated rings. The van der Waals surface area contributed by atoms with Crippen molar-refractivity contribution in [2.75, 3.05) is 13.6 Å². The fourth-order valence-electron chi connectivity index (χ4n) is 2.78. The Morgan fingerprint density at radius 3 is 2.71 bits per heavy atom. The molecule has 158 valence electrons. The van der Waals surface area contributed by atoms with Gasteiger partial charge < -0.3 is 19.3 Å². The number of thiophene rings is 1. The van der Waals surface area contributed by atoms with Crippen molar-refractivity contribution in [2.24, 2.45) is 0 Å². The maximum absolute atomic E-state index is 12.6. The summed E-state index contributed by atoms with van der Waals surface area (Å²) in [7, 11) is 1.65. The number of amides is 2. The van der Waals surface area contributed by atoms with Crippen LogP contribution in [0.1, 0.15) is 32.6 Å². The third-order valence-electron chi connectivity index (χ3n) is 4.47. The molecule has 2 amide bonds. The topological polar surface area (TPSA) is 114 Å². The standard InChI is InChI=1S/C21H19N5O4S/c1-26(21(28)15-12-16(29-24-15)17-8-5-11-31-17)10-9-18-23-20(30-25-18)19(27)22-13-14-6-3-2-4-7-14/h2-8,11-12H,9-10,13H2,1H3,(H,22,27). The molecule has 0 spiro atoms. The molecule has 1 aromatic carbocycles. The highest BCUT2D eigenvalue weighted by Gasteiger charge is 2.20. The summed E-state index contributed by atoms with van der Waals surface area (Å²) in [6, 6.07) is 14.9. The fourth-order valence-corrected chi connectivity index (χ4v) is 3.45. The summed E-state index contributed by atoms with van der Waals surface area (Å²) in [5, 5.41) is 12.3. The van der Waals surface area contributed by atoms with Crippen LogP contribution >= 0.6 is 11.3 Å². The normalized spacial score (nSPS) is 10.7. The molecule has 0 saturated heterocycles. The lowest BCUT2D eigenvalue weighted by Gasteiger charge is -2.13. The van der Waals surface area contributed by atoms with Gasteiger partial charge in [-0.2, -0.15) is 4.98 Å². The molecule has 4 rings (SSSR count). The zero-order valence-corrected chi connectivity index (χ0v) is 17.5. The van der Waals surface area contributed by atoms with Gasteiger partial charge in [0, 0.05) is 32.6 Å². The van der Waals surface area contributed by atoms with Crippen LogP contribution in [-0.4, -0.2) is 45.6 Å². The van der Waals surface area contributed by atoms with Crippen LogP contribution in [0.15, 0.2) is 63.0 Å². The summed E-state index contributed by atoms with van der Waals surface area (Å²) in [5.74, 6) is 0.0450. The molecule has 0 radical (unpaired) electrons. The highest BCUT2D eigenvalue weighted by molar-refractivity contribution is 7.13. The number of carbonyl (C=O) groups is 2. The summed E-state index contributed by atoms with van der Waals surface area (Å²) in [4.78, 5) is 31.2. The Bertz CT molecular complexity index is 1150. The van der Waals surface area contributed by atoms with Gasteiger partial charge in [0.05, 0.1) is 4.88 Å². The lowest BCUT2D eigenvalue weighted by molar-refractivity contribution is 0.0785. The molecule has 10 heteroatoms. The number of likely N-dealkylation sites (N-methyl/N-ethyl adjacent to an activating group) is 1. The summed E-state index contributed by atoms with van der Waals surface area (Å²) in [5.41, 5.74) is 1.19. The molecule has 3 aromatic heterocycles. The van der Waals surface area contributed by atoms with Crippen LogP contribution in [-0.2, 0) is 13.0 Å². The molecule has 1 N–H and O–H groups in total. The third-order valence-corrected chi connectivity index (χ3v) is 5.35. The molecular weight excluding hydrogens is 418 g/mol. The lowest BCUT2D eigenvalue weighted by Crippen LogP contribution is -2.29. The minimum atomic E-state index is -0.448. The van der Waals surface area contributed by atoms with Crippen molar-refractivity contribution in [3.8, 4) is 10.6 Å². The Labute approximate surface area is 181 Å². The van der Waals surface area contributed by atoms with Crippen LogP contribution in [0.5, 0.6) is 0 Å². The zero-order valence-electron chi connectivity index (χ0n) is 16.6. The number of nitrogens with one attached hydrogen (secondary N) is 1. The van der Waals surface area contributed by atoms with Crippen LogP contribution in [0.3, 0.4) is 0 Å². The van der Waals surface area contributed by atoms with E-state index in [1.807, 2.05) is 47.8 Å². The number of nitrogens with zero attached hydrogens (tertiary/aromatic N) is 4. The summed E-state index contributed by atoms with van der Waals surface area (Å²) in [6.45, 7) is 0.685. The first-order valence-electron chi connectivity index (χ1n) is 9.51. The minimum Gasteiger partial charge on any atom is -0.355 e. The van der Waals surface area contributed by atoms with Crippen molar-refractivity contribution in [3.63, 3.8) is 0 Å². The van der Waals surface area contributed by atoms with Crippen LogP contribution in [0.4, 0.5) is 0 Å². The molecule has 0 aliphatic heterocycles. The molecule has 4 aromatic rings. The monoisotopic (exact) mass is 437 g/mol. The number of carbonyl (C=O) groups excluding carboxylic acids is 2. The predicted octanol–water partition coefficient (Wildman–Crippen LogP) is 3.03. The molecule has 0 unspecified atom stereocenters. The van der Waals surface area contributed by atoms with Gasteiger partial charge in [-0.25, -0.2) is 0 Å². The van der Waals surface area contributed by atoms with E-state index in [-0.39, 0.29) is 17.5 Å². The van der Waals surface area contributed by atoms with Gasteiger partial charge in [0.1, 0.15) is 0 Å². The van der Waals surface area contributed by atoms with Crippen molar-refractivity contribution in [3.05, 3.63) is 76.9 Å². The Morgan fingerprint density at radius 2 is 1.94 bits per heavy atom. The second-order valence-corrected chi connectivity index (χ2v) is 7.66. The SMILES string of the molecule is CN(CCc1noc(C(=O)NCc2ccccc2)n1)C(=O)c1cc(-c2cccs2)on1. The molecule has 3 heterocycles. The van der Waals surface area contributed by atoms with Gasteiger partial charge in [0.25, 0.3) is 5.91 Å². The smallest absolute Gasteiger partial charge is 0.315 e. The van der Waals surface area contributed by atoms with E-state index in [2.05, 4.69) is 20.6 Å². The van der Waals surface area contributed by atoms with Gasteiger partial charge in [-0.1, -0.05) is 46.7 Å². The van der Waals surface area contributed by atoms with Gasteiger partial charge in [-0.15, -0.1) is 11.3 Å². The second kappa shape index (κ2) is 9.35. The number of hydrogen-bond donors (Lipinski definition) is 1. The second-order valence-electron chi connectivity index (χ2n) is 6.71. The van der Waals surface area contributed by atoms with E-state index in [1.54, 1.807) is 13.1 Å². The maximum atomic E-state index is 12.6. The van der Waals surface area contributed by atoms with Crippen LogP contribution in [0.25, 0.3) is 10.6 Å². The number of hydrogen-bond acceptors (Lipinski definition) is 8. The van der Waals surface area contributed by atoms with Crippen molar-refractivity contribution < 1.29 is 18.6 Å². The van der Waals surface area contributed by atoms with Gasteiger partial charge in [0.2, 0.25) is 0 Å². The Hall–Kier alpha value is -3.79. The van der Waals surface area contributed by atoms with E-state index in [9.17, 15) is 9.59 Å². The van der Waals surface area contributed by atoms with Crippen molar-refractivity contribution >= 4 is 23.2 Å². The van der Waals surface area contributed by atoms with E-state index >= 15 is 0 Å². The first-order valence-corrected chi connectivity index (χ1v) is 10.4. The molecule has 0 bridgehead atoms.